The van der Waals surface area contributed by atoms with E-state index in [-0.39, 0.29) is 49.9 Å². The van der Waals surface area contributed by atoms with Crippen LogP contribution in [0.2, 0.25) is 0 Å². The van der Waals surface area contributed by atoms with Crippen molar-refractivity contribution in [1.29, 1.82) is 0 Å². The molecule has 2 saturated heterocycles. The Balaban J connectivity index is 0.974. The first kappa shape index (κ1) is 60.1. The Morgan fingerprint density at radius 2 is 1.01 bits per heavy atom. The number of rotatable bonds is 24. The normalized spacial score (nSPS) is 18.3. The summed E-state index contributed by atoms with van der Waals surface area (Å²) in [5.41, 5.74) is 9.01. The van der Waals surface area contributed by atoms with E-state index in [1.54, 1.807) is 111 Å². The van der Waals surface area contributed by atoms with Crippen molar-refractivity contribution in [2.45, 2.75) is 133 Å². The van der Waals surface area contributed by atoms with Crippen molar-refractivity contribution >= 4 is 58.9 Å². The summed E-state index contributed by atoms with van der Waals surface area (Å²) in [7, 11) is 0. The Bertz CT molecular complexity index is 3140. The number of benzene rings is 4. The maximum absolute atomic E-state index is 15.1. The lowest BCUT2D eigenvalue weighted by atomic mass is 10.0. The summed E-state index contributed by atoms with van der Waals surface area (Å²) in [6, 6.07) is 26.2. The van der Waals surface area contributed by atoms with Crippen LogP contribution in [0.5, 0.6) is 0 Å². The minimum atomic E-state index is -1.29. The summed E-state index contributed by atoms with van der Waals surface area (Å²) in [5.74, 6) is -5.57. The van der Waals surface area contributed by atoms with Gasteiger partial charge in [0.25, 0.3) is 0 Å². The first-order chi connectivity index (χ1) is 40.0. The average molecular weight is 1130 g/mol. The maximum Gasteiger partial charge on any atom is 0.326 e. The summed E-state index contributed by atoms with van der Waals surface area (Å²) in [5, 5.41) is 32.6. The summed E-state index contributed by atoms with van der Waals surface area (Å²) >= 11 is 0. The van der Waals surface area contributed by atoms with E-state index >= 15 is 4.79 Å². The van der Waals surface area contributed by atoms with Gasteiger partial charge in [-0.1, -0.05) is 127 Å². The first-order valence-corrected chi connectivity index (χ1v) is 28.2. The van der Waals surface area contributed by atoms with Gasteiger partial charge in [0.1, 0.15) is 54.7 Å². The fraction of sp³-hybridized carbons (Fsp3) is 0.393. The third-order valence-corrected chi connectivity index (χ3v) is 15.3. The first-order valence-electron chi connectivity index (χ1n) is 28.2. The number of hydrogen-bond donors (Lipinski definition) is 7. The smallest absolute Gasteiger partial charge is 0.326 e. The fourth-order valence-corrected chi connectivity index (χ4v) is 10.8. The SMILES string of the molecule is C[C@H](N)C(=O)N1CCC[C@H]1C(=O)N1CCC[C@H]1C(=O)N[C@@H](C)C(=O)N[C@@H](Cc1ccccc1)C(=O)N[C@@H](Cc1ccccc1)C(=O)N1CCC=C1c1nncn1[C@@H](C)C(=O)N[C@@H](Cc1ccccc1)C(=O)N[C@@H](Cc1ccccc1)C(=O)O. The van der Waals surface area contributed by atoms with E-state index < -0.39 is 95.8 Å². The minimum absolute atomic E-state index is 0.00781. The molecule has 0 unspecified atom stereocenters. The molecule has 9 atom stereocenters. The third kappa shape index (κ3) is 15.3. The highest BCUT2D eigenvalue weighted by atomic mass is 16.4. The molecule has 0 bridgehead atoms. The predicted molar refractivity (Wildman–Crippen MR) is 306 cm³/mol. The van der Waals surface area contributed by atoms with Crippen LogP contribution in [0.15, 0.2) is 134 Å². The van der Waals surface area contributed by atoms with Gasteiger partial charge < -0.3 is 52.1 Å². The van der Waals surface area contributed by atoms with E-state index in [1.807, 2.05) is 30.3 Å². The number of carbonyl (C=O) groups excluding carboxylic acids is 8. The number of nitrogens with two attached hydrogens (primary N) is 1. The molecule has 22 heteroatoms. The van der Waals surface area contributed by atoms with Crippen molar-refractivity contribution in [2.75, 3.05) is 19.6 Å². The molecule has 0 saturated carbocycles. The van der Waals surface area contributed by atoms with Gasteiger partial charge in [-0.3, -0.25) is 42.9 Å². The quantitative estimate of drug-likeness (QED) is 0.0467. The van der Waals surface area contributed by atoms with Crippen LogP contribution in [0.25, 0.3) is 5.70 Å². The molecular formula is C61H72N12O10. The second kappa shape index (κ2) is 28.1. The molecule has 3 aliphatic heterocycles. The zero-order valence-corrected chi connectivity index (χ0v) is 46.8. The van der Waals surface area contributed by atoms with Crippen LogP contribution >= 0.6 is 0 Å². The van der Waals surface area contributed by atoms with E-state index in [0.717, 1.165) is 0 Å². The monoisotopic (exact) mass is 1130 g/mol. The Labute approximate surface area is 481 Å². The molecule has 0 radical (unpaired) electrons. The number of carboxylic acids is 1. The molecule has 0 aliphatic carbocycles. The number of aliphatic carboxylic acids is 1. The summed E-state index contributed by atoms with van der Waals surface area (Å²) in [4.78, 5) is 130. The minimum Gasteiger partial charge on any atom is -0.480 e. The molecule has 4 aromatic carbocycles. The third-order valence-electron chi connectivity index (χ3n) is 15.3. The number of nitrogens with zero attached hydrogens (tertiary/aromatic N) is 6. The number of aromatic nitrogens is 3. The van der Waals surface area contributed by atoms with Gasteiger partial charge in [0.2, 0.25) is 47.3 Å². The van der Waals surface area contributed by atoms with E-state index in [1.165, 1.54) is 32.5 Å². The van der Waals surface area contributed by atoms with Crippen molar-refractivity contribution in [3.63, 3.8) is 0 Å². The van der Waals surface area contributed by atoms with Crippen molar-refractivity contribution in [1.82, 2.24) is 56.0 Å². The Hall–Kier alpha value is -9.05. The van der Waals surface area contributed by atoms with E-state index in [2.05, 4.69) is 36.8 Å². The second-order valence-electron chi connectivity index (χ2n) is 21.3. The van der Waals surface area contributed by atoms with Gasteiger partial charge in [0, 0.05) is 45.3 Å². The van der Waals surface area contributed by atoms with Crippen molar-refractivity contribution in [2.24, 2.45) is 5.73 Å². The standard InChI is InChI=1S/C61H72N12O10/c1-38(62)58(79)72-32-18-29-51(72)60(81)71-31-17-28-50(71)57(78)64-39(2)53(74)65-45(33-41-19-8-4-9-20-41)55(76)67-47(35-43-23-12-6-13-24-43)59(80)70-30-16-27-49(70)52-69-63-37-73(52)40(3)54(75)66-46(34-42-21-10-5-11-22-42)56(77)68-48(61(82)83)36-44-25-14-7-15-26-44/h4-15,19-27,37-40,45-48,50-51H,16-18,28-36,62H2,1-3H3,(H,64,78)(H,65,74)(H,66,75)(H,67,76)(H,68,77)(H,82,83)/t38-,39-,40-,45-,46-,47-,48-,50-,51-/m0/s1. The lowest BCUT2D eigenvalue weighted by Gasteiger charge is -2.32. The molecule has 8 N–H and O–H groups in total. The number of carboxylic acid groups (broad SMARTS) is 1. The molecular weight excluding hydrogens is 1060 g/mol. The van der Waals surface area contributed by atoms with Gasteiger partial charge in [0.15, 0.2) is 5.82 Å². The molecule has 5 aromatic rings. The molecule has 8 rings (SSSR count). The van der Waals surface area contributed by atoms with E-state index in [9.17, 15) is 43.5 Å². The zero-order chi connectivity index (χ0) is 59.2. The Kier molecular flexibility index (Phi) is 20.3. The molecule has 0 spiro atoms. The van der Waals surface area contributed by atoms with Crippen LogP contribution in [0.1, 0.15) is 87.0 Å². The van der Waals surface area contributed by atoms with Crippen LogP contribution in [-0.2, 0) is 68.8 Å². The second-order valence-corrected chi connectivity index (χ2v) is 21.3. The van der Waals surface area contributed by atoms with Gasteiger partial charge >= 0.3 is 5.97 Å². The molecule has 22 nitrogen and oxygen atoms in total. The topological polar surface area (TPSA) is 300 Å². The highest BCUT2D eigenvalue weighted by Gasteiger charge is 2.43. The average Bonchev–Trinajstić information content (AvgIpc) is 4.40. The van der Waals surface area contributed by atoms with Crippen LogP contribution in [0, 0.1) is 0 Å². The number of likely N-dealkylation sites (tertiary alicyclic amines) is 2. The Morgan fingerprint density at radius 1 is 0.554 bits per heavy atom. The zero-order valence-electron chi connectivity index (χ0n) is 46.8. The molecule has 83 heavy (non-hydrogen) atoms. The van der Waals surface area contributed by atoms with Gasteiger partial charge in [-0.15, -0.1) is 10.2 Å². The Morgan fingerprint density at radius 3 is 1.53 bits per heavy atom. The van der Waals surface area contributed by atoms with Crippen LogP contribution < -0.4 is 32.3 Å². The maximum atomic E-state index is 15.1. The largest absolute Gasteiger partial charge is 0.480 e. The van der Waals surface area contributed by atoms with Crippen molar-refractivity contribution < 1.29 is 48.3 Å². The van der Waals surface area contributed by atoms with Crippen molar-refractivity contribution in [3.8, 4) is 0 Å². The number of amides is 8. The van der Waals surface area contributed by atoms with E-state index in [4.69, 9.17) is 5.73 Å². The van der Waals surface area contributed by atoms with Gasteiger partial charge in [-0.2, -0.15) is 0 Å². The van der Waals surface area contributed by atoms with Crippen LogP contribution in [0.4, 0.5) is 0 Å². The number of nitrogens with one attached hydrogen (secondary N) is 5. The van der Waals surface area contributed by atoms with Gasteiger partial charge in [-0.25, -0.2) is 4.79 Å². The van der Waals surface area contributed by atoms with Gasteiger partial charge in [-0.05, 0) is 75.1 Å². The number of carbonyl (C=O) groups is 9. The van der Waals surface area contributed by atoms with Crippen molar-refractivity contribution in [3.05, 3.63) is 162 Å². The van der Waals surface area contributed by atoms with E-state index in [0.29, 0.717) is 73.1 Å². The fourth-order valence-electron chi connectivity index (χ4n) is 10.8. The predicted octanol–water partition coefficient (Wildman–Crippen LogP) is 2.24. The number of hydrogen-bond acceptors (Lipinski definition) is 12. The molecule has 1 aromatic heterocycles. The van der Waals surface area contributed by atoms with Crippen LogP contribution in [0.3, 0.4) is 0 Å². The van der Waals surface area contributed by atoms with Crippen LogP contribution in [-0.4, -0.2) is 156 Å². The highest BCUT2D eigenvalue weighted by molar-refractivity contribution is 5.98. The lowest BCUT2D eigenvalue weighted by Crippen LogP contribution is -2.59. The lowest BCUT2D eigenvalue weighted by molar-refractivity contribution is -0.147. The molecule has 8 amide bonds. The highest BCUT2D eigenvalue weighted by Crippen LogP contribution is 2.29. The molecule has 4 heterocycles. The molecule has 2 fully saturated rings. The summed E-state index contributed by atoms with van der Waals surface area (Å²) in [6.07, 6.45) is 5.52. The molecule has 3 aliphatic rings. The summed E-state index contributed by atoms with van der Waals surface area (Å²) < 4.78 is 1.47. The van der Waals surface area contributed by atoms with Gasteiger partial charge in [0.05, 0.1) is 11.7 Å². The molecule has 436 valence electrons. The summed E-state index contributed by atoms with van der Waals surface area (Å²) in [6.45, 7) is 5.48.